The highest BCUT2D eigenvalue weighted by molar-refractivity contribution is 6.39. The van der Waals surface area contributed by atoms with Gasteiger partial charge >= 0.3 is 0 Å². The average molecular weight is 735 g/mol. The predicted molar refractivity (Wildman–Crippen MR) is 246 cm³/mol. The average Bonchev–Trinajstić information content (AvgIpc) is 3.82. The number of allylic oxidation sites excluding steroid dienone is 5. The van der Waals surface area contributed by atoms with Gasteiger partial charge in [0.1, 0.15) is 0 Å². The minimum absolute atomic E-state index is 1.21. The van der Waals surface area contributed by atoms with E-state index in [-0.39, 0.29) is 0 Å². The molecular weight excluding hydrogens is 697 g/mol. The molecule has 0 radical (unpaired) electrons. The molecule has 0 spiro atoms. The largest absolute Gasteiger partial charge is 0.0622 e. The van der Waals surface area contributed by atoms with Gasteiger partial charge in [-0.1, -0.05) is 206 Å². The molecule has 11 rings (SSSR count). The summed E-state index contributed by atoms with van der Waals surface area (Å²) in [5.41, 5.74) is 22.4. The third kappa shape index (κ3) is 5.69. The van der Waals surface area contributed by atoms with Crippen molar-refractivity contribution < 1.29 is 0 Å². The Morgan fingerprint density at radius 2 is 0.500 bits per heavy atom. The number of hydrogen-bond donors (Lipinski definition) is 0. The Morgan fingerprint density at radius 1 is 0.155 bits per heavy atom. The highest BCUT2D eigenvalue weighted by Crippen LogP contribution is 2.62. The van der Waals surface area contributed by atoms with Gasteiger partial charge in [0.05, 0.1) is 0 Å². The molecule has 0 saturated carbocycles. The Labute approximate surface area is 340 Å². The minimum Gasteiger partial charge on any atom is -0.0622 e. The van der Waals surface area contributed by atoms with Crippen molar-refractivity contribution in [2.45, 2.75) is 0 Å². The van der Waals surface area contributed by atoms with Crippen molar-refractivity contribution in [3.63, 3.8) is 0 Å². The lowest BCUT2D eigenvalue weighted by atomic mass is 9.84. The van der Waals surface area contributed by atoms with Crippen molar-refractivity contribution in [1.82, 2.24) is 0 Å². The lowest BCUT2D eigenvalue weighted by molar-refractivity contribution is 1.51. The third-order valence-corrected chi connectivity index (χ3v) is 11.8. The molecule has 0 aromatic heterocycles. The van der Waals surface area contributed by atoms with Crippen LogP contribution in [-0.2, 0) is 0 Å². The fourth-order valence-electron chi connectivity index (χ4n) is 9.20. The van der Waals surface area contributed by atoms with Crippen LogP contribution in [0, 0.1) is 0 Å². The normalized spacial score (nSPS) is 13.3. The van der Waals surface area contributed by atoms with Crippen LogP contribution in [0.15, 0.2) is 236 Å². The number of hydrogen-bond acceptors (Lipinski definition) is 0. The van der Waals surface area contributed by atoms with Crippen LogP contribution >= 0.6 is 0 Å². The second kappa shape index (κ2) is 14.2. The second-order valence-electron chi connectivity index (χ2n) is 15.2. The third-order valence-electron chi connectivity index (χ3n) is 11.8. The second-order valence-corrected chi connectivity index (χ2v) is 15.2. The molecular formula is C58H38. The summed E-state index contributed by atoms with van der Waals surface area (Å²) in [6, 6.07) is 84.5. The molecule has 0 nitrogen and oxygen atoms in total. The van der Waals surface area contributed by atoms with E-state index in [1.807, 2.05) is 0 Å². The molecule has 2 aliphatic rings. The number of rotatable bonds is 7. The van der Waals surface area contributed by atoms with Crippen LogP contribution in [-0.4, -0.2) is 0 Å². The maximum Gasteiger partial charge on any atom is -0.000137 e. The molecule has 0 atom stereocenters. The Kier molecular flexibility index (Phi) is 8.26. The van der Waals surface area contributed by atoms with Crippen LogP contribution in [0.5, 0.6) is 0 Å². The Balaban J connectivity index is 1.29. The molecule has 9 aromatic carbocycles. The minimum atomic E-state index is 1.21. The lowest BCUT2D eigenvalue weighted by Gasteiger charge is -2.19. The van der Waals surface area contributed by atoms with Gasteiger partial charge in [-0.3, -0.25) is 0 Å². The molecule has 0 heterocycles. The Bertz CT molecular complexity index is 3080. The number of benzene rings is 9. The first kappa shape index (κ1) is 33.8. The van der Waals surface area contributed by atoms with E-state index in [0.717, 1.165) is 0 Å². The summed E-state index contributed by atoms with van der Waals surface area (Å²) in [7, 11) is 0. The molecule has 0 N–H and O–H groups in total. The van der Waals surface area contributed by atoms with Crippen LogP contribution < -0.4 is 0 Å². The molecule has 0 bridgehead atoms. The van der Waals surface area contributed by atoms with Crippen LogP contribution in [0.3, 0.4) is 0 Å². The van der Waals surface area contributed by atoms with Crippen molar-refractivity contribution >= 4 is 38.6 Å². The van der Waals surface area contributed by atoms with Crippen LogP contribution in [0.2, 0.25) is 0 Å². The van der Waals surface area contributed by atoms with Crippen molar-refractivity contribution in [3.05, 3.63) is 269 Å². The van der Waals surface area contributed by atoms with Gasteiger partial charge in [-0.05, 0) is 135 Å². The van der Waals surface area contributed by atoms with E-state index in [2.05, 4.69) is 231 Å². The van der Waals surface area contributed by atoms with E-state index < -0.39 is 0 Å². The zero-order valence-electron chi connectivity index (χ0n) is 31.9. The molecule has 0 unspecified atom stereocenters. The van der Waals surface area contributed by atoms with E-state index >= 15 is 0 Å². The van der Waals surface area contributed by atoms with Gasteiger partial charge in [0, 0.05) is 0 Å². The lowest BCUT2D eigenvalue weighted by Crippen LogP contribution is -1.97. The molecule has 0 aliphatic heterocycles. The fraction of sp³-hybridized carbons (Fsp3) is 0. The van der Waals surface area contributed by atoms with Gasteiger partial charge in [-0.15, -0.1) is 0 Å². The van der Waals surface area contributed by atoms with Crippen molar-refractivity contribution in [3.8, 4) is 33.4 Å². The van der Waals surface area contributed by atoms with E-state index in [9.17, 15) is 0 Å². The van der Waals surface area contributed by atoms with Gasteiger partial charge < -0.3 is 0 Å². The van der Waals surface area contributed by atoms with E-state index in [4.69, 9.17) is 0 Å². The summed E-state index contributed by atoms with van der Waals surface area (Å²) in [4.78, 5) is 0. The summed E-state index contributed by atoms with van der Waals surface area (Å²) in [5, 5.41) is 2.45. The van der Waals surface area contributed by atoms with Gasteiger partial charge in [0.15, 0.2) is 0 Å². The molecule has 2 aliphatic carbocycles. The quantitative estimate of drug-likeness (QED) is 0.153. The molecule has 0 saturated heterocycles. The summed E-state index contributed by atoms with van der Waals surface area (Å²) >= 11 is 0. The van der Waals surface area contributed by atoms with Crippen molar-refractivity contribution in [2.24, 2.45) is 0 Å². The summed E-state index contributed by atoms with van der Waals surface area (Å²) in [5.74, 6) is 0. The molecule has 58 heavy (non-hydrogen) atoms. The highest BCUT2D eigenvalue weighted by Gasteiger charge is 2.40. The van der Waals surface area contributed by atoms with Crippen LogP contribution in [0.25, 0.3) is 72.0 Å². The van der Waals surface area contributed by atoms with E-state index in [0.29, 0.717) is 0 Å². The smallest absolute Gasteiger partial charge is 0.000137 e. The Morgan fingerprint density at radius 3 is 0.983 bits per heavy atom. The molecule has 0 fully saturated rings. The van der Waals surface area contributed by atoms with Gasteiger partial charge in [0.25, 0.3) is 0 Å². The molecule has 9 aromatic rings. The molecule has 0 amide bonds. The standard InChI is InChI=1S/C58H38/c1-7-19-39(20-8-1)46-33-31-40-32-34-47(36-48(40)35-46)56-54(44-27-15-5-16-28-44)55(45-29-17-6-18-30-45)58-53(43-25-13-4-14-26-43)51-37-49(41-21-9-2-10-22-41)50(38-52(51)57(56)58)42-23-11-3-12-24-42/h1-38H. The first-order chi connectivity index (χ1) is 28.8. The monoisotopic (exact) mass is 734 g/mol. The van der Waals surface area contributed by atoms with Gasteiger partial charge in [-0.2, -0.15) is 0 Å². The summed E-state index contributed by atoms with van der Waals surface area (Å²) in [6.07, 6.45) is 0. The first-order valence-corrected chi connectivity index (χ1v) is 20.1. The molecule has 270 valence electrons. The summed E-state index contributed by atoms with van der Waals surface area (Å²) < 4.78 is 0. The topological polar surface area (TPSA) is 0 Å². The maximum atomic E-state index is 2.49. The van der Waals surface area contributed by atoms with E-state index in [1.54, 1.807) is 0 Å². The van der Waals surface area contributed by atoms with Crippen molar-refractivity contribution in [1.29, 1.82) is 0 Å². The van der Waals surface area contributed by atoms with Crippen LogP contribution in [0.4, 0.5) is 0 Å². The Hall–Kier alpha value is -7.54. The first-order valence-electron chi connectivity index (χ1n) is 20.1. The van der Waals surface area contributed by atoms with Crippen LogP contribution in [0.1, 0.15) is 33.4 Å². The zero-order chi connectivity index (χ0) is 38.4. The van der Waals surface area contributed by atoms with Crippen molar-refractivity contribution in [2.75, 3.05) is 0 Å². The SMILES string of the molecule is c1ccc(C2=C(c3ccccc3)C(c3ccc4ccc(-c5ccccc5)cc4c3)=C3C2=C(c2ccccc2)c2cc(-c4ccccc4)c(-c4ccccc4)cc23)cc1. The predicted octanol–water partition coefficient (Wildman–Crippen LogP) is 15.2. The fourth-order valence-corrected chi connectivity index (χ4v) is 9.20. The summed E-state index contributed by atoms with van der Waals surface area (Å²) in [6.45, 7) is 0. The number of fused-ring (bicyclic) bond motifs is 4. The van der Waals surface area contributed by atoms with E-state index in [1.165, 1.54) is 111 Å². The van der Waals surface area contributed by atoms with Gasteiger partial charge in [-0.25, -0.2) is 0 Å². The highest BCUT2D eigenvalue weighted by atomic mass is 14.4. The maximum absolute atomic E-state index is 2.49. The zero-order valence-corrected chi connectivity index (χ0v) is 31.9. The molecule has 0 heteroatoms. The van der Waals surface area contributed by atoms with Gasteiger partial charge in [0.2, 0.25) is 0 Å².